The summed E-state index contributed by atoms with van der Waals surface area (Å²) in [5.41, 5.74) is -1.09. The van der Waals surface area contributed by atoms with Crippen LogP contribution in [0.4, 0.5) is 0 Å². The van der Waals surface area contributed by atoms with Gasteiger partial charge < -0.3 is 14.6 Å². The fraction of sp³-hybridized carbons (Fsp3) is 0.625. The highest BCUT2D eigenvalue weighted by atomic mass is 16.6. The summed E-state index contributed by atoms with van der Waals surface area (Å²) >= 11 is 0. The second kappa shape index (κ2) is 2.78. The standard InChI is InChI=1S/C8H8O6/c9-4-1-8(2-5(10)13-4)3-6(11)14-7(8)12/h7,12H,1-3H2. The molecule has 2 aliphatic heterocycles. The van der Waals surface area contributed by atoms with E-state index in [4.69, 9.17) is 0 Å². The van der Waals surface area contributed by atoms with Gasteiger partial charge in [0.05, 0.1) is 24.7 Å². The molecule has 0 aromatic carbocycles. The number of hydrogen-bond donors (Lipinski definition) is 1. The molecule has 14 heavy (non-hydrogen) atoms. The molecule has 2 saturated heterocycles. The Hall–Kier alpha value is -1.43. The normalized spacial score (nSPS) is 30.4. The molecular weight excluding hydrogens is 192 g/mol. The van der Waals surface area contributed by atoms with Crippen molar-refractivity contribution in [3.63, 3.8) is 0 Å². The summed E-state index contributed by atoms with van der Waals surface area (Å²) < 4.78 is 8.81. The summed E-state index contributed by atoms with van der Waals surface area (Å²) in [5, 5.41) is 9.41. The average Bonchev–Trinajstić information content (AvgIpc) is 2.23. The van der Waals surface area contributed by atoms with Crippen LogP contribution in [0, 0.1) is 5.41 Å². The summed E-state index contributed by atoms with van der Waals surface area (Å²) in [4.78, 5) is 32.8. The molecule has 1 atom stereocenters. The first-order chi connectivity index (χ1) is 6.52. The summed E-state index contributed by atoms with van der Waals surface area (Å²) in [6, 6.07) is 0. The maximum absolute atomic E-state index is 11.0. The van der Waals surface area contributed by atoms with Gasteiger partial charge in [0.25, 0.3) is 0 Å². The van der Waals surface area contributed by atoms with E-state index in [2.05, 4.69) is 9.47 Å². The van der Waals surface area contributed by atoms with Crippen LogP contribution < -0.4 is 0 Å². The van der Waals surface area contributed by atoms with Gasteiger partial charge in [-0.15, -0.1) is 0 Å². The van der Waals surface area contributed by atoms with Gasteiger partial charge in [-0.3, -0.25) is 14.4 Å². The lowest BCUT2D eigenvalue weighted by Crippen LogP contribution is -2.41. The Bertz CT molecular complexity index is 304. The van der Waals surface area contributed by atoms with Gasteiger partial charge in [0.1, 0.15) is 0 Å². The Morgan fingerprint density at radius 3 is 2.00 bits per heavy atom. The van der Waals surface area contributed by atoms with Crippen molar-refractivity contribution < 1.29 is 29.0 Å². The summed E-state index contributed by atoms with van der Waals surface area (Å²) in [5.74, 6) is -2.04. The second-order valence-electron chi connectivity index (χ2n) is 3.58. The Labute approximate surface area is 78.8 Å². The molecule has 0 bridgehead atoms. The smallest absolute Gasteiger partial charge is 0.314 e. The van der Waals surface area contributed by atoms with Crippen LogP contribution >= 0.6 is 0 Å². The molecule has 2 aliphatic rings. The lowest BCUT2D eigenvalue weighted by atomic mass is 9.78. The van der Waals surface area contributed by atoms with Gasteiger partial charge in [-0.25, -0.2) is 0 Å². The minimum absolute atomic E-state index is 0.116. The highest BCUT2D eigenvalue weighted by Gasteiger charge is 2.54. The van der Waals surface area contributed by atoms with E-state index in [1.54, 1.807) is 0 Å². The lowest BCUT2D eigenvalue weighted by Gasteiger charge is -2.30. The molecule has 76 valence electrons. The maximum atomic E-state index is 11.0. The molecule has 1 unspecified atom stereocenters. The van der Waals surface area contributed by atoms with E-state index in [1.807, 2.05) is 0 Å². The number of carbonyl (C=O) groups excluding carboxylic acids is 3. The van der Waals surface area contributed by atoms with Crippen molar-refractivity contribution in [2.45, 2.75) is 25.6 Å². The van der Waals surface area contributed by atoms with Crippen LogP contribution in [0.5, 0.6) is 0 Å². The first-order valence-electron chi connectivity index (χ1n) is 4.13. The Balaban J connectivity index is 2.26. The van der Waals surface area contributed by atoms with Crippen molar-refractivity contribution in [2.75, 3.05) is 0 Å². The number of carbonyl (C=O) groups is 3. The van der Waals surface area contributed by atoms with E-state index in [9.17, 15) is 19.5 Å². The summed E-state index contributed by atoms with van der Waals surface area (Å²) in [6.45, 7) is 0. The Kier molecular flexibility index (Phi) is 1.81. The quantitative estimate of drug-likeness (QED) is 0.402. The number of cyclic esters (lactones) is 3. The molecule has 6 nitrogen and oxygen atoms in total. The second-order valence-corrected chi connectivity index (χ2v) is 3.58. The van der Waals surface area contributed by atoms with Crippen molar-refractivity contribution in [3.05, 3.63) is 0 Å². The molecule has 2 heterocycles. The van der Waals surface area contributed by atoms with Crippen LogP contribution in [-0.2, 0) is 23.9 Å². The topological polar surface area (TPSA) is 89.9 Å². The minimum Gasteiger partial charge on any atom is -0.435 e. The van der Waals surface area contributed by atoms with Crippen molar-refractivity contribution in [2.24, 2.45) is 5.41 Å². The third-order valence-corrected chi connectivity index (χ3v) is 2.48. The Morgan fingerprint density at radius 1 is 1.07 bits per heavy atom. The van der Waals surface area contributed by atoms with Crippen molar-refractivity contribution in [1.29, 1.82) is 0 Å². The van der Waals surface area contributed by atoms with Crippen LogP contribution in [0.25, 0.3) is 0 Å². The highest BCUT2D eigenvalue weighted by molar-refractivity contribution is 5.91. The molecule has 0 amide bonds. The molecule has 6 heteroatoms. The van der Waals surface area contributed by atoms with Crippen LogP contribution in [0.3, 0.4) is 0 Å². The van der Waals surface area contributed by atoms with Gasteiger partial charge in [-0.1, -0.05) is 0 Å². The van der Waals surface area contributed by atoms with Crippen LogP contribution in [-0.4, -0.2) is 29.3 Å². The van der Waals surface area contributed by atoms with Crippen molar-refractivity contribution in [3.8, 4) is 0 Å². The molecule has 2 rings (SSSR count). The van der Waals surface area contributed by atoms with Crippen molar-refractivity contribution in [1.82, 2.24) is 0 Å². The molecule has 0 radical (unpaired) electrons. The number of rotatable bonds is 0. The highest BCUT2D eigenvalue weighted by Crippen LogP contribution is 2.43. The number of aliphatic hydroxyl groups is 1. The number of ether oxygens (including phenoxy) is 2. The monoisotopic (exact) mass is 200 g/mol. The SMILES string of the molecule is O=C1CC2(CC(=O)O1)CC(=O)OC2O. The lowest BCUT2D eigenvalue weighted by molar-refractivity contribution is -0.185. The largest absolute Gasteiger partial charge is 0.435 e. The van der Waals surface area contributed by atoms with Crippen LogP contribution in [0.15, 0.2) is 0 Å². The fourth-order valence-electron chi connectivity index (χ4n) is 1.80. The van der Waals surface area contributed by atoms with Crippen LogP contribution in [0.1, 0.15) is 19.3 Å². The van der Waals surface area contributed by atoms with E-state index >= 15 is 0 Å². The summed E-state index contributed by atoms with van der Waals surface area (Å²) in [7, 11) is 0. The third kappa shape index (κ3) is 1.27. The molecule has 1 N–H and O–H groups in total. The van der Waals surface area contributed by atoms with E-state index in [1.165, 1.54) is 0 Å². The molecular formula is C8H8O6. The van der Waals surface area contributed by atoms with Gasteiger partial charge in [0, 0.05) is 0 Å². The number of esters is 3. The van der Waals surface area contributed by atoms with E-state index in [0.717, 1.165) is 0 Å². The minimum atomic E-state index is -1.38. The van der Waals surface area contributed by atoms with E-state index < -0.39 is 29.6 Å². The van der Waals surface area contributed by atoms with Gasteiger partial charge in [0.15, 0.2) is 0 Å². The predicted octanol–water partition coefficient (Wildman–Crippen LogP) is -0.898. The third-order valence-electron chi connectivity index (χ3n) is 2.48. The predicted molar refractivity (Wildman–Crippen MR) is 39.5 cm³/mol. The maximum Gasteiger partial charge on any atom is 0.314 e. The fourth-order valence-corrected chi connectivity index (χ4v) is 1.80. The average molecular weight is 200 g/mol. The van der Waals surface area contributed by atoms with Gasteiger partial charge >= 0.3 is 17.9 Å². The number of hydrogen-bond acceptors (Lipinski definition) is 6. The zero-order chi connectivity index (χ0) is 10.3. The van der Waals surface area contributed by atoms with Crippen molar-refractivity contribution >= 4 is 17.9 Å². The zero-order valence-electron chi connectivity index (χ0n) is 7.19. The molecule has 1 spiro atoms. The van der Waals surface area contributed by atoms with Crippen LogP contribution in [0.2, 0.25) is 0 Å². The van der Waals surface area contributed by atoms with Gasteiger partial charge in [-0.05, 0) is 0 Å². The first-order valence-corrected chi connectivity index (χ1v) is 4.13. The Morgan fingerprint density at radius 2 is 1.57 bits per heavy atom. The molecule has 0 aromatic heterocycles. The van der Waals surface area contributed by atoms with Gasteiger partial charge in [0.2, 0.25) is 6.29 Å². The van der Waals surface area contributed by atoms with Gasteiger partial charge in [-0.2, -0.15) is 0 Å². The number of aliphatic hydroxyl groups excluding tert-OH is 1. The molecule has 0 aliphatic carbocycles. The van der Waals surface area contributed by atoms with E-state index in [0.29, 0.717) is 0 Å². The summed E-state index contributed by atoms with van der Waals surface area (Å²) in [6.07, 6.45) is -1.82. The zero-order valence-corrected chi connectivity index (χ0v) is 7.19. The van der Waals surface area contributed by atoms with E-state index in [-0.39, 0.29) is 19.3 Å². The molecule has 0 saturated carbocycles. The molecule has 2 fully saturated rings. The molecule has 0 aromatic rings. The first kappa shape index (κ1) is 9.14.